The van der Waals surface area contributed by atoms with Crippen LogP contribution in [-0.4, -0.2) is 17.6 Å². The third-order valence-electron chi connectivity index (χ3n) is 4.31. The number of anilines is 1. The molecule has 0 fully saturated rings. The Morgan fingerprint density at radius 1 is 1.04 bits per heavy atom. The fraction of sp³-hybridized carbons (Fsp3) is 0.143. The van der Waals surface area contributed by atoms with Crippen LogP contribution in [0.15, 0.2) is 59.1 Å². The van der Waals surface area contributed by atoms with Crippen LogP contribution in [0.2, 0.25) is 0 Å². The summed E-state index contributed by atoms with van der Waals surface area (Å²) in [5, 5.41) is 5.50. The molecule has 3 aromatic rings. The number of fused-ring (bicyclic) bond motifs is 1. The smallest absolute Gasteiger partial charge is 0.276 e. The van der Waals surface area contributed by atoms with Gasteiger partial charge >= 0.3 is 0 Å². The van der Waals surface area contributed by atoms with E-state index in [-0.39, 0.29) is 12.5 Å². The number of hydrazine groups is 1. The van der Waals surface area contributed by atoms with E-state index in [1.165, 1.54) is 0 Å². The number of rotatable bonds is 4. The number of amides is 1. The van der Waals surface area contributed by atoms with Crippen LogP contribution < -0.4 is 20.9 Å². The van der Waals surface area contributed by atoms with E-state index < -0.39 is 0 Å². The molecule has 3 N–H and O–H groups in total. The molecule has 3 rings (SSSR count). The normalized spacial score (nSPS) is 10.4. The lowest BCUT2D eigenvalue weighted by Gasteiger charge is -2.14. The largest absolute Gasteiger partial charge is 0.484 e. The van der Waals surface area contributed by atoms with Gasteiger partial charge in [-0.1, -0.05) is 40.2 Å². The van der Waals surface area contributed by atoms with Crippen molar-refractivity contribution in [2.75, 3.05) is 11.9 Å². The van der Waals surface area contributed by atoms with Gasteiger partial charge in [0.1, 0.15) is 5.75 Å². The molecule has 0 radical (unpaired) electrons. The molecule has 0 aromatic heterocycles. The highest BCUT2D eigenvalue weighted by Gasteiger charge is 2.06. The molecule has 0 aliphatic heterocycles. The predicted molar refractivity (Wildman–Crippen MR) is 121 cm³/mol. The zero-order chi connectivity index (χ0) is 20.1. The lowest BCUT2D eigenvalue weighted by molar-refractivity contribution is -0.123. The van der Waals surface area contributed by atoms with Crippen LogP contribution in [0.25, 0.3) is 10.8 Å². The van der Waals surface area contributed by atoms with Crippen LogP contribution in [0.5, 0.6) is 5.75 Å². The summed E-state index contributed by atoms with van der Waals surface area (Å²) in [4.78, 5) is 12.0. The molecule has 0 saturated carbocycles. The zero-order valence-corrected chi connectivity index (χ0v) is 17.9. The second kappa shape index (κ2) is 9.03. The monoisotopic (exact) mass is 457 g/mol. The Morgan fingerprint density at radius 2 is 1.79 bits per heavy atom. The molecule has 0 unspecified atom stereocenters. The molecule has 0 bridgehead atoms. The standard InChI is InChI=1S/C21H20BrN3O2S/c1-13-4-3-5-19(14(13)2)23-21(28)25-24-20(26)12-27-18-9-7-15-10-17(22)8-6-16(15)11-18/h3-11H,12H2,1-2H3,(H,24,26)(H2,23,25,28). The topological polar surface area (TPSA) is 62.4 Å². The molecule has 0 heterocycles. The van der Waals surface area contributed by atoms with Gasteiger partial charge in [-0.3, -0.25) is 15.6 Å². The van der Waals surface area contributed by atoms with Crippen LogP contribution in [0.4, 0.5) is 5.69 Å². The maximum absolute atomic E-state index is 12.0. The fourth-order valence-electron chi connectivity index (χ4n) is 2.64. The van der Waals surface area contributed by atoms with Gasteiger partial charge < -0.3 is 10.1 Å². The summed E-state index contributed by atoms with van der Waals surface area (Å²) in [6.07, 6.45) is 0. The molecule has 0 aliphatic rings. The molecule has 0 atom stereocenters. The van der Waals surface area contributed by atoms with Gasteiger partial charge in [0.2, 0.25) is 0 Å². The van der Waals surface area contributed by atoms with Crippen molar-refractivity contribution >= 4 is 55.6 Å². The fourth-order valence-corrected chi connectivity index (χ4v) is 3.18. The molecule has 28 heavy (non-hydrogen) atoms. The minimum absolute atomic E-state index is 0.124. The number of thiocarbonyl (C=S) groups is 1. The highest BCUT2D eigenvalue weighted by molar-refractivity contribution is 9.10. The molecule has 1 amide bonds. The van der Waals surface area contributed by atoms with Gasteiger partial charge in [0.05, 0.1) is 0 Å². The van der Waals surface area contributed by atoms with E-state index in [1.54, 1.807) is 0 Å². The minimum atomic E-state index is -0.332. The van der Waals surface area contributed by atoms with Crippen LogP contribution in [-0.2, 0) is 4.79 Å². The van der Waals surface area contributed by atoms with Crippen LogP contribution in [0.1, 0.15) is 11.1 Å². The lowest BCUT2D eigenvalue weighted by Crippen LogP contribution is -2.45. The van der Waals surface area contributed by atoms with E-state index in [4.69, 9.17) is 17.0 Å². The van der Waals surface area contributed by atoms with Crippen molar-refractivity contribution in [3.63, 3.8) is 0 Å². The molecule has 144 valence electrons. The van der Waals surface area contributed by atoms with Gasteiger partial charge in [-0.25, -0.2) is 0 Å². The molecular weight excluding hydrogens is 438 g/mol. The van der Waals surface area contributed by atoms with Crippen molar-refractivity contribution in [1.82, 2.24) is 10.9 Å². The average Bonchev–Trinajstić information content (AvgIpc) is 2.68. The number of benzene rings is 3. The maximum atomic E-state index is 12.0. The van der Waals surface area contributed by atoms with Crippen molar-refractivity contribution in [1.29, 1.82) is 0 Å². The van der Waals surface area contributed by atoms with Gasteiger partial charge in [-0.2, -0.15) is 0 Å². The Balaban J connectivity index is 1.48. The first kappa shape index (κ1) is 20.1. The summed E-state index contributed by atoms with van der Waals surface area (Å²) in [7, 11) is 0. The SMILES string of the molecule is Cc1cccc(NC(=S)NNC(=O)COc2ccc3cc(Br)ccc3c2)c1C. The first-order valence-corrected chi connectivity index (χ1v) is 9.86. The molecule has 0 aliphatic carbocycles. The molecular formula is C21H20BrN3O2S. The first-order valence-electron chi connectivity index (χ1n) is 8.66. The maximum Gasteiger partial charge on any atom is 0.276 e. The zero-order valence-electron chi connectivity index (χ0n) is 15.5. The number of carbonyl (C=O) groups excluding carboxylic acids is 1. The van der Waals surface area contributed by atoms with Crippen molar-refractivity contribution < 1.29 is 9.53 Å². The van der Waals surface area contributed by atoms with E-state index >= 15 is 0 Å². The van der Waals surface area contributed by atoms with Gasteiger partial charge in [0.15, 0.2) is 11.7 Å². The Labute approximate surface area is 177 Å². The summed E-state index contributed by atoms with van der Waals surface area (Å²) in [6.45, 7) is 3.91. The van der Waals surface area contributed by atoms with Gasteiger partial charge in [-0.15, -0.1) is 0 Å². The Morgan fingerprint density at radius 3 is 2.61 bits per heavy atom. The lowest BCUT2D eigenvalue weighted by atomic mass is 10.1. The molecule has 5 nitrogen and oxygen atoms in total. The summed E-state index contributed by atoms with van der Waals surface area (Å²) < 4.78 is 6.58. The molecule has 0 saturated heterocycles. The number of hydrogen-bond donors (Lipinski definition) is 3. The van der Waals surface area contributed by atoms with Crippen molar-refractivity contribution in [2.45, 2.75) is 13.8 Å². The second-order valence-corrected chi connectivity index (χ2v) is 7.64. The third-order valence-corrected chi connectivity index (χ3v) is 5.01. The van der Waals surface area contributed by atoms with E-state index in [9.17, 15) is 4.79 Å². The highest BCUT2D eigenvalue weighted by atomic mass is 79.9. The summed E-state index contributed by atoms with van der Waals surface area (Å²) >= 11 is 8.67. The third kappa shape index (κ3) is 5.21. The Bertz CT molecular complexity index is 1040. The van der Waals surface area contributed by atoms with Crippen LogP contribution in [0.3, 0.4) is 0 Å². The first-order chi connectivity index (χ1) is 13.4. The van der Waals surface area contributed by atoms with E-state index in [0.717, 1.165) is 32.1 Å². The number of nitrogens with one attached hydrogen (secondary N) is 3. The molecule has 3 aromatic carbocycles. The quantitative estimate of drug-likeness (QED) is 0.394. The second-order valence-electron chi connectivity index (χ2n) is 6.32. The van der Waals surface area contributed by atoms with Crippen LogP contribution >= 0.6 is 28.1 Å². The van der Waals surface area contributed by atoms with E-state index in [1.807, 2.05) is 68.4 Å². The van der Waals surface area contributed by atoms with Crippen molar-refractivity contribution in [3.05, 3.63) is 70.2 Å². The number of halogens is 1. The number of hydrogen-bond acceptors (Lipinski definition) is 3. The van der Waals surface area contributed by atoms with E-state index in [0.29, 0.717) is 10.9 Å². The number of carbonyl (C=O) groups is 1. The molecule has 0 spiro atoms. The summed E-state index contributed by atoms with van der Waals surface area (Å²) in [5.41, 5.74) is 8.37. The van der Waals surface area contributed by atoms with Crippen molar-refractivity contribution in [2.24, 2.45) is 0 Å². The predicted octanol–water partition coefficient (Wildman–Crippen LogP) is 4.62. The summed E-state index contributed by atoms with van der Waals surface area (Å²) in [5.74, 6) is 0.294. The Kier molecular flexibility index (Phi) is 6.49. The number of ether oxygens (including phenoxy) is 1. The highest BCUT2D eigenvalue weighted by Crippen LogP contribution is 2.24. The van der Waals surface area contributed by atoms with Gasteiger partial charge in [0.25, 0.3) is 5.91 Å². The van der Waals surface area contributed by atoms with Gasteiger partial charge in [-0.05, 0) is 78.3 Å². The Hall–Kier alpha value is -2.64. The number of aryl methyl sites for hydroxylation is 1. The summed E-state index contributed by atoms with van der Waals surface area (Å²) in [6, 6.07) is 17.6. The van der Waals surface area contributed by atoms with Crippen molar-refractivity contribution in [3.8, 4) is 5.75 Å². The van der Waals surface area contributed by atoms with E-state index in [2.05, 4.69) is 32.1 Å². The van der Waals surface area contributed by atoms with Gasteiger partial charge in [0, 0.05) is 10.2 Å². The minimum Gasteiger partial charge on any atom is -0.484 e. The van der Waals surface area contributed by atoms with Crippen LogP contribution in [0, 0.1) is 13.8 Å². The molecule has 7 heteroatoms. The average molecular weight is 458 g/mol.